The van der Waals surface area contributed by atoms with Crippen molar-refractivity contribution in [2.45, 2.75) is 174 Å². The Morgan fingerprint density at radius 3 is 1.69 bits per heavy atom. The van der Waals surface area contributed by atoms with Crippen LogP contribution in [0.2, 0.25) is 0 Å². The number of hydrogen-bond donors (Lipinski definition) is 2. The van der Waals surface area contributed by atoms with Crippen molar-refractivity contribution in [2.24, 2.45) is 0 Å². The van der Waals surface area contributed by atoms with Gasteiger partial charge in [0, 0.05) is 6.42 Å². The Labute approximate surface area is 302 Å². The van der Waals surface area contributed by atoms with E-state index in [-0.39, 0.29) is 19.1 Å². The number of allylic oxidation sites excluding steroid dienone is 5. The van der Waals surface area contributed by atoms with E-state index in [1.165, 1.54) is 83.5 Å². The molecule has 0 fully saturated rings. The first kappa shape index (κ1) is 47.7. The van der Waals surface area contributed by atoms with Gasteiger partial charge >= 0.3 is 0 Å². The van der Waals surface area contributed by atoms with Crippen LogP contribution in [0.1, 0.15) is 162 Å². The molecule has 0 aliphatic rings. The van der Waals surface area contributed by atoms with Crippen LogP contribution < -0.4 is 10.2 Å². The summed E-state index contributed by atoms with van der Waals surface area (Å²) in [5, 5.41) is 13.7. The van der Waals surface area contributed by atoms with Crippen LogP contribution in [0.25, 0.3) is 0 Å². The minimum absolute atomic E-state index is 0.00411. The molecular weight excluding hydrogens is 635 g/mol. The zero-order chi connectivity index (χ0) is 36.5. The van der Waals surface area contributed by atoms with Gasteiger partial charge in [-0.05, 0) is 44.9 Å². The summed E-state index contributed by atoms with van der Waals surface area (Å²) < 4.78 is 23.1. The van der Waals surface area contributed by atoms with Gasteiger partial charge in [-0.2, -0.15) is 0 Å². The lowest BCUT2D eigenvalue weighted by atomic mass is 10.1. The zero-order valence-corrected chi connectivity index (χ0v) is 33.3. The van der Waals surface area contributed by atoms with Gasteiger partial charge in [-0.1, -0.05) is 147 Å². The average molecular weight is 713 g/mol. The lowest BCUT2D eigenvalue weighted by Gasteiger charge is -2.29. The van der Waals surface area contributed by atoms with Crippen molar-refractivity contribution in [1.82, 2.24) is 5.32 Å². The number of quaternary nitrogens is 1. The van der Waals surface area contributed by atoms with E-state index in [4.69, 9.17) is 9.05 Å². The molecule has 0 aromatic heterocycles. The number of amides is 1. The van der Waals surface area contributed by atoms with Gasteiger partial charge in [0.15, 0.2) is 0 Å². The quantitative estimate of drug-likeness (QED) is 0.0223. The van der Waals surface area contributed by atoms with Crippen molar-refractivity contribution in [3.05, 3.63) is 36.5 Å². The fourth-order valence-corrected chi connectivity index (χ4v) is 6.10. The van der Waals surface area contributed by atoms with Gasteiger partial charge < -0.3 is 28.8 Å². The molecule has 0 heterocycles. The smallest absolute Gasteiger partial charge is 0.268 e. The van der Waals surface area contributed by atoms with Crippen molar-refractivity contribution < 1.29 is 32.9 Å². The third kappa shape index (κ3) is 34.9. The Morgan fingerprint density at radius 2 is 1.16 bits per heavy atom. The fraction of sp³-hybridized carbons (Fsp3) is 0.825. The minimum Gasteiger partial charge on any atom is -0.756 e. The summed E-state index contributed by atoms with van der Waals surface area (Å²) in [4.78, 5) is 25.2. The summed E-state index contributed by atoms with van der Waals surface area (Å²) in [6.07, 6.45) is 37.5. The second kappa shape index (κ2) is 32.6. The summed E-state index contributed by atoms with van der Waals surface area (Å²) in [5.41, 5.74) is 0. The summed E-state index contributed by atoms with van der Waals surface area (Å²) in [6, 6.07) is -0.889. The van der Waals surface area contributed by atoms with Gasteiger partial charge in [0.2, 0.25) is 5.91 Å². The Morgan fingerprint density at radius 1 is 0.714 bits per heavy atom. The number of phosphoric acid groups is 1. The van der Waals surface area contributed by atoms with Crippen LogP contribution >= 0.6 is 7.82 Å². The van der Waals surface area contributed by atoms with Crippen molar-refractivity contribution in [3.63, 3.8) is 0 Å². The number of aliphatic hydroxyl groups is 1. The maximum atomic E-state index is 12.8. The molecular formula is C40H77N2O6P. The zero-order valence-electron chi connectivity index (χ0n) is 32.4. The first-order chi connectivity index (χ1) is 23.5. The van der Waals surface area contributed by atoms with Gasteiger partial charge in [0.25, 0.3) is 7.82 Å². The van der Waals surface area contributed by atoms with Gasteiger partial charge in [-0.25, -0.2) is 0 Å². The largest absolute Gasteiger partial charge is 0.756 e. The first-order valence-corrected chi connectivity index (χ1v) is 21.3. The number of carbonyl (C=O) groups is 1. The highest BCUT2D eigenvalue weighted by Crippen LogP contribution is 2.38. The number of aliphatic hydroxyl groups excluding tert-OH is 1. The number of phosphoric ester groups is 1. The third-order valence-corrected chi connectivity index (χ3v) is 9.59. The van der Waals surface area contributed by atoms with Crippen molar-refractivity contribution in [1.29, 1.82) is 0 Å². The average Bonchev–Trinajstić information content (AvgIpc) is 3.04. The highest BCUT2D eigenvalue weighted by molar-refractivity contribution is 7.45. The SMILES string of the molecule is CCCCC/C=C\C=C/CCCCCCCCC(=O)NC(COP(=O)([O-])OCC[N+](C)(C)C)C(O)/C=C/CCCCCCCCCCCC. The molecule has 0 spiro atoms. The molecule has 49 heavy (non-hydrogen) atoms. The van der Waals surface area contributed by atoms with E-state index in [0.717, 1.165) is 57.8 Å². The lowest BCUT2D eigenvalue weighted by Crippen LogP contribution is -2.45. The minimum atomic E-state index is -4.58. The molecule has 0 rings (SSSR count). The molecule has 3 unspecified atom stereocenters. The number of nitrogens with zero attached hydrogens (tertiary/aromatic N) is 1. The Balaban J connectivity index is 4.54. The number of hydrogen-bond acceptors (Lipinski definition) is 6. The fourth-order valence-electron chi connectivity index (χ4n) is 5.38. The summed E-state index contributed by atoms with van der Waals surface area (Å²) in [7, 11) is 1.25. The highest BCUT2D eigenvalue weighted by Gasteiger charge is 2.23. The molecule has 288 valence electrons. The van der Waals surface area contributed by atoms with E-state index >= 15 is 0 Å². The first-order valence-electron chi connectivity index (χ1n) is 19.9. The molecule has 0 aliphatic heterocycles. The molecule has 8 nitrogen and oxygen atoms in total. The molecule has 0 aromatic carbocycles. The Kier molecular flexibility index (Phi) is 31.8. The monoisotopic (exact) mass is 713 g/mol. The van der Waals surface area contributed by atoms with Crippen LogP contribution in [-0.2, 0) is 18.4 Å². The van der Waals surface area contributed by atoms with Gasteiger partial charge in [-0.3, -0.25) is 9.36 Å². The van der Waals surface area contributed by atoms with Crippen molar-refractivity contribution in [3.8, 4) is 0 Å². The molecule has 1 amide bonds. The topological polar surface area (TPSA) is 108 Å². The van der Waals surface area contributed by atoms with Gasteiger partial charge in [-0.15, -0.1) is 0 Å². The van der Waals surface area contributed by atoms with Crippen LogP contribution in [0.15, 0.2) is 36.5 Å². The Bertz CT molecular complexity index is 902. The molecule has 0 radical (unpaired) electrons. The van der Waals surface area contributed by atoms with Gasteiger partial charge in [0.05, 0.1) is 39.9 Å². The molecule has 0 bridgehead atoms. The molecule has 2 N–H and O–H groups in total. The molecule has 3 atom stereocenters. The number of likely N-dealkylation sites (N-methyl/N-ethyl adjacent to an activating group) is 1. The van der Waals surface area contributed by atoms with Crippen LogP contribution in [0.4, 0.5) is 0 Å². The van der Waals surface area contributed by atoms with Gasteiger partial charge in [0.1, 0.15) is 13.2 Å². The highest BCUT2D eigenvalue weighted by atomic mass is 31.2. The normalized spacial score (nSPS) is 15.0. The molecule has 0 saturated carbocycles. The predicted molar refractivity (Wildman–Crippen MR) is 205 cm³/mol. The maximum absolute atomic E-state index is 12.8. The molecule has 0 aliphatic carbocycles. The molecule has 0 saturated heterocycles. The number of rotatable bonds is 35. The third-order valence-electron chi connectivity index (χ3n) is 8.62. The number of nitrogens with one attached hydrogen (secondary N) is 1. The van der Waals surface area contributed by atoms with E-state index in [1.807, 2.05) is 27.2 Å². The Hall–Kier alpha value is -1.28. The van der Waals surface area contributed by atoms with E-state index in [2.05, 4.69) is 43.5 Å². The molecule has 0 aromatic rings. The van der Waals surface area contributed by atoms with Crippen LogP contribution in [0, 0.1) is 0 Å². The number of carbonyl (C=O) groups excluding carboxylic acids is 1. The van der Waals surface area contributed by atoms with Crippen LogP contribution in [0.5, 0.6) is 0 Å². The molecule has 9 heteroatoms. The standard InChI is InChI=1S/C40H77N2O6P/c1-6-8-10-12-14-16-18-20-21-22-24-26-28-30-32-34-40(44)41-38(37-48-49(45,46)47-36-35-42(3,4)5)39(43)33-31-29-27-25-23-19-17-15-13-11-9-7-2/h14,16,18,20,31,33,38-39,43H,6-13,15,17,19,21-30,32,34-37H2,1-5H3,(H-,41,44,45,46)/b16-14-,20-18-,33-31+. The van der Waals surface area contributed by atoms with E-state index in [9.17, 15) is 19.4 Å². The van der Waals surface area contributed by atoms with Crippen molar-refractivity contribution in [2.75, 3.05) is 40.9 Å². The second-order valence-corrected chi connectivity index (χ2v) is 16.1. The summed E-state index contributed by atoms with van der Waals surface area (Å²) >= 11 is 0. The number of unbranched alkanes of at least 4 members (excludes halogenated alkanes) is 19. The summed E-state index contributed by atoms with van der Waals surface area (Å²) in [6.45, 7) is 4.57. The van der Waals surface area contributed by atoms with Crippen LogP contribution in [0.3, 0.4) is 0 Å². The predicted octanol–water partition coefficient (Wildman–Crippen LogP) is 9.72. The second-order valence-electron chi connectivity index (χ2n) is 14.7. The van der Waals surface area contributed by atoms with Crippen molar-refractivity contribution >= 4 is 13.7 Å². The van der Waals surface area contributed by atoms with E-state index in [1.54, 1.807) is 6.08 Å². The van der Waals surface area contributed by atoms with E-state index in [0.29, 0.717) is 17.4 Å². The summed E-state index contributed by atoms with van der Waals surface area (Å²) in [5.74, 6) is -0.213. The lowest BCUT2D eigenvalue weighted by molar-refractivity contribution is -0.870. The van der Waals surface area contributed by atoms with E-state index < -0.39 is 20.0 Å². The maximum Gasteiger partial charge on any atom is 0.268 e. The van der Waals surface area contributed by atoms with Crippen LogP contribution in [-0.4, -0.2) is 68.5 Å².